The molecule has 2 rings (SSSR count). The highest BCUT2D eigenvalue weighted by molar-refractivity contribution is 14.0. The Balaban J connectivity index is 0.00000338. The lowest BCUT2D eigenvalue weighted by Gasteiger charge is -2.35. The van der Waals surface area contributed by atoms with Crippen molar-refractivity contribution >= 4 is 29.9 Å². The minimum atomic E-state index is 0. The standard InChI is InChI=1S/C20H34N4O.HI/c1-15(2)17(4)23-20(21-5)22-14-19(24-9-11-25-12-10-24)18-8-6-7-16(3)13-18;/h6-8,13,15,17,19H,9-12,14H2,1-5H3,(H2,21,22,23);1H. The summed E-state index contributed by atoms with van der Waals surface area (Å²) in [4.78, 5) is 6.89. The summed E-state index contributed by atoms with van der Waals surface area (Å²) in [6.07, 6.45) is 0. The number of hydrogen-bond donors (Lipinski definition) is 2. The van der Waals surface area contributed by atoms with Gasteiger partial charge in [-0.25, -0.2) is 0 Å². The van der Waals surface area contributed by atoms with Gasteiger partial charge < -0.3 is 15.4 Å². The topological polar surface area (TPSA) is 48.9 Å². The molecule has 2 N–H and O–H groups in total. The summed E-state index contributed by atoms with van der Waals surface area (Å²) in [5.74, 6) is 1.43. The Bertz CT molecular complexity index is 558. The Morgan fingerprint density at radius 2 is 1.92 bits per heavy atom. The highest BCUT2D eigenvalue weighted by Crippen LogP contribution is 2.22. The maximum Gasteiger partial charge on any atom is 0.191 e. The molecule has 148 valence electrons. The molecule has 2 atom stereocenters. The third-order valence-electron chi connectivity index (χ3n) is 4.96. The minimum Gasteiger partial charge on any atom is -0.379 e. The third kappa shape index (κ3) is 7.04. The van der Waals surface area contributed by atoms with Crippen LogP contribution in [0.3, 0.4) is 0 Å². The van der Waals surface area contributed by atoms with Crippen molar-refractivity contribution in [1.82, 2.24) is 15.5 Å². The summed E-state index contributed by atoms with van der Waals surface area (Å²) in [5, 5.41) is 7.01. The number of aryl methyl sites for hydroxylation is 1. The smallest absolute Gasteiger partial charge is 0.191 e. The third-order valence-corrected chi connectivity index (χ3v) is 4.96. The Morgan fingerprint density at radius 3 is 2.50 bits per heavy atom. The maximum absolute atomic E-state index is 5.54. The first-order valence-corrected chi connectivity index (χ1v) is 9.36. The van der Waals surface area contributed by atoms with E-state index in [0.29, 0.717) is 18.0 Å². The van der Waals surface area contributed by atoms with Gasteiger partial charge in [0, 0.05) is 32.7 Å². The van der Waals surface area contributed by atoms with Crippen LogP contribution in [0.15, 0.2) is 29.3 Å². The number of rotatable bonds is 6. The van der Waals surface area contributed by atoms with E-state index in [4.69, 9.17) is 4.74 Å². The lowest BCUT2D eigenvalue weighted by Crippen LogP contribution is -2.48. The molecule has 6 heteroatoms. The van der Waals surface area contributed by atoms with E-state index in [1.807, 2.05) is 7.05 Å². The Morgan fingerprint density at radius 1 is 1.23 bits per heavy atom. The number of benzene rings is 1. The number of guanidine groups is 1. The van der Waals surface area contributed by atoms with Gasteiger partial charge in [0.05, 0.1) is 19.3 Å². The predicted octanol–water partition coefficient (Wildman–Crippen LogP) is 3.20. The quantitative estimate of drug-likeness (QED) is 0.378. The molecule has 0 spiro atoms. The van der Waals surface area contributed by atoms with Crippen LogP contribution in [0.25, 0.3) is 0 Å². The summed E-state index contributed by atoms with van der Waals surface area (Å²) in [6, 6.07) is 9.50. The van der Waals surface area contributed by atoms with E-state index in [9.17, 15) is 0 Å². The molecule has 1 fully saturated rings. The normalized spacial score (nSPS) is 18.2. The van der Waals surface area contributed by atoms with Crippen molar-refractivity contribution in [2.45, 2.75) is 39.8 Å². The molecule has 0 aliphatic carbocycles. The van der Waals surface area contributed by atoms with Crippen molar-refractivity contribution < 1.29 is 4.74 Å². The molecule has 1 aliphatic heterocycles. The van der Waals surface area contributed by atoms with Gasteiger partial charge in [0.2, 0.25) is 0 Å². The molecule has 0 radical (unpaired) electrons. The van der Waals surface area contributed by atoms with Crippen molar-refractivity contribution in [3.05, 3.63) is 35.4 Å². The number of halogens is 1. The molecule has 1 saturated heterocycles. The van der Waals surface area contributed by atoms with Crippen LogP contribution in [0.2, 0.25) is 0 Å². The molecule has 5 nitrogen and oxygen atoms in total. The summed E-state index contributed by atoms with van der Waals surface area (Å²) in [7, 11) is 1.83. The van der Waals surface area contributed by atoms with E-state index in [2.05, 4.69) is 72.5 Å². The van der Waals surface area contributed by atoms with E-state index in [-0.39, 0.29) is 24.0 Å². The fourth-order valence-electron chi connectivity index (χ4n) is 2.99. The van der Waals surface area contributed by atoms with E-state index < -0.39 is 0 Å². The number of aliphatic imine (C=N–C) groups is 1. The van der Waals surface area contributed by atoms with Crippen LogP contribution in [-0.2, 0) is 4.74 Å². The van der Waals surface area contributed by atoms with Crippen molar-refractivity contribution in [2.75, 3.05) is 39.9 Å². The molecule has 1 aromatic rings. The Hall–Kier alpha value is -0.860. The van der Waals surface area contributed by atoms with Gasteiger partial charge >= 0.3 is 0 Å². The maximum atomic E-state index is 5.54. The molecule has 0 amide bonds. The fraction of sp³-hybridized carbons (Fsp3) is 0.650. The van der Waals surface area contributed by atoms with Crippen LogP contribution in [0.1, 0.15) is 37.9 Å². The van der Waals surface area contributed by atoms with E-state index in [0.717, 1.165) is 38.8 Å². The van der Waals surface area contributed by atoms with Gasteiger partial charge in [-0.2, -0.15) is 0 Å². The van der Waals surface area contributed by atoms with E-state index >= 15 is 0 Å². The first-order valence-electron chi connectivity index (χ1n) is 9.36. The zero-order valence-corrected chi connectivity index (χ0v) is 19.1. The molecule has 0 bridgehead atoms. The molecular formula is C20H35IN4O. The van der Waals surface area contributed by atoms with Crippen molar-refractivity contribution in [3.8, 4) is 0 Å². The highest BCUT2D eigenvalue weighted by Gasteiger charge is 2.23. The van der Waals surface area contributed by atoms with Crippen LogP contribution in [0.5, 0.6) is 0 Å². The van der Waals surface area contributed by atoms with Gasteiger partial charge in [0.15, 0.2) is 5.96 Å². The summed E-state index contributed by atoms with van der Waals surface area (Å²) < 4.78 is 5.54. The van der Waals surface area contributed by atoms with Gasteiger partial charge in [-0.05, 0) is 25.3 Å². The second kappa shape index (κ2) is 11.8. The Kier molecular flexibility index (Phi) is 10.5. The monoisotopic (exact) mass is 474 g/mol. The van der Waals surface area contributed by atoms with Gasteiger partial charge in [0.1, 0.15) is 0 Å². The summed E-state index contributed by atoms with van der Waals surface area (Å²) >= 11 is 0. The molecule has 0 saturated carbocycles. The second-order valence-electron chi connectivity index (χ2n) is 7.21. The van der Waals surface area contributed by atoms with Crippen molar-refractivity contribution in [3.63, 3.8) is 0 Å². The van der Waals surface area contributed by atoms with Gasteiger partial charge in [0.25, 0.3) is 0 Å². The average molecular weight is 474 g/mol. The summed E-state index contributed by atoms with van der Waals surface area (Å²) in [5.41, 5.74) is 2.65. The second-order valence-corrected chi connectivity index (χ2v) is 7.21. The first kappa shape index (κ1) is 23.2. The van der Waals surface area contributed by atoms with Crippen LogP contribution in [0.4, 0.5) is 0 Å². The van der Waals surface area contributed by atoms with E-state index in [1.54, 1.807) is 0 Å². The SMILES string of the molecule is CN=C(NCC(c1cccc(C)c1)N1CCOCC1)NC(C)C(C)C.I. The van der Waals surface area contributed by atoms with Crippen LogP contribution < -0.4 is 10.6 Å². The molecule has 1 heterocycles. The lowest BCUT2D eigenvalue weighted by molar-refractivity contribution is 0.0170. The average Bonchev–Trinajstić information content (AvgIpc) is 2.61. The van der Waals surface area contributed by atoms with Crippen LogP contribution in [-0.4, -0.2) is 56.8 Å². The first-order chi connectivity index (χ1) is 12.0. The van der Waals surface area contributed by atoms with E-state index in [1.165, 1.54) is 11.1 Å². The zero-order valence-electron chi connectivity index (χ0n) is 16.8. The van der Waals surface area contributed by atoms with Crippen LogP contribution >= 0.6 is 24.0 Å². The molecule has 1 aromatic carbocycles. The van der Waals surface area contributed by atoms with Crippen molar-refractivity contribution in [1.29, 1.82) is 0 Å². The molecule has 2 unspecified atom stereocenters. The number of ether oxygens (including phenoxy) is 1. The zero-order chi connectivity index (χ0) is 18.2. The number of nitrogens with zero attached hydrogens (tertiary/aromatic N) is 2. The van der Waals surface area contributed by atoms with Gasteiger partial charge in [-0.1, -0.05) is 43.7 Å². The van der Waals surface area contributed by atoms with Crippen molar-refractivity contribution in [2.24, 2.45) is 10.9 Å². The molecule has 0 aromatic heterocycles. The molecule has 26 heavy (non-hydrogen) atoms. The van der Waals surface area contributed by atoms with Gasteiger partial charge in [-0.15, -0.1) is 24.0 Å². The fourth-order valence-corrected chi connectivity index (χ4v) is 2.99. The number of hydrogen-bond acceptors (Lipinski definition) is 3. The Labute approximate surface area is 176 Å². The number of morpholine rings is 1. The highest BCUT2D eigenvalue weighted by atomic mass is 127. The number of nitrogens with one attached hydrogen (secondary N) is 2. The predicted molar refractivity (Wildman–Crippen MR) is 121 cm³/mol. The van der Waals surface area contributed by atoms with Crippen LogP contribution in [0, 0.1) is 12.8 Å². The van der Waals surface area contributed by atoms with Gasteiger partial charge in [-0.3, -0.25) is 9.89 Å². The molecular weight excluding hydrogens is 439 g/mol. The summed E-state index contributed by atoms with van der Waals surface area (Å²) in [6.45, 7) is 13.1. The molecule has 1 aliphatic rings. The lowest BCUT2D eigenvalue weighted by atomic mass is 10.0. The largest absolute Gasteiger partial charge is 0.379 e. The minimum absolute atomic E-state index is 0.